The number of imidazole rings is 1. The highest BCUT2D eigenvalue weighted by atomic mass is 79.9. The first-order valence-electron chi connectivity index (χ1n) is 6.50. The molecule has 0 spiro atoms. The van der Waals surface area contributed by atoms with E-state index in [2.05, 4.69) is 20.9 Å². The lowest BCUT2D eigenvalue weighted by Gasteiger charge is -2.12. The van der Waals surface area contributed by atoms with Crippen LogP contribution in [0.2, 0.25) is 0 Å². The van der Waals surface area contributed by atoms with Crippen LogP contribution in [0.3, 0.4) is 0 Å². The molecule has 0 saturated carbocycles. The van der Waals surface area contributed by atoms with Crippen LogP contribution in [-0.2, 0) is 22.3 Å². The monoisotopic (exact) mass is 394 g/mol. The van der Waals surface area contributed by atoms with Gasteiger partial charge in [-0.05, 0) is 34.3 Å². The molecule has 0 radical (unpaired) electrons. The number of rotatable bonds is 3. The number of benzene rings is 1. The highest BCUT2D eigenvalue weighted by Crippen LogP contribution is 2.28. The largest absolute Gasteiger partial charge is 0.327 e. The predicted molar refractivity (Wildman–Crippen MR) is 83.7 cm³/mol. The maximum atomic E-state index is 13.6. The summed E-state index contributed by atoms with van der Waals surface area (Å²) in [5.41, 5.74) is 1.30. The van der Waals surface area contributed by atoms with Gasteiger partial charge in [0.15, 0.2) is 9.84 Å². The van der Waals surface area contributed by atoms with Crippen LogP contribution in [0.25, 0.3) is 11.0 Å². The van der Waals surface area contributed by atoms with E-state index in [1.165, 1.54) is 6.07 Å². The van der Waals surface area contributed by atoms with Crippen molar-refractivity contribution in [3.63, 3.8) is 0 Å². The highest BCUT2D eigenvalue weighted by molar-refractivity contribution is 9.10. The van der Waals surface area contributed by atoms with Crippen LogP contribution in [0, 0.1) is 11.7 Å². The molecule has 1 aliphatic rings. The van der Waals surface area contributed by atoms with Gasteiger partial charge in [-0.25, -0.2) is 17.8 Å². The fraction of sp³-hybridized carbons (Fsp3) is 0.462. The zero-order valence-electron chi connectivity index (χ0n) is 11.0. The molecule has 4 nitrogen and oxygen atoms in total. The molecule has 1 aliphatic heterocycles. The van der Waals surface area contributed by atoms with E-state index in [1.54, 1.807) is 6.07 Å². The maximum Gasteiger partial charge on any atom is 0.150 e. The van der Waals surface area contributed by atoms with Crippen LogP contribution in [0.4, 0.5) is 4.39 Å². The van der Waals surface area contributed by atoms with E-state index in [4.69, 9.17) is 11.6 Å². The minimum Gasteiger partial charge on any atom is -0.327 e. The molecule has 2 heterocycles. The zero-order valence-corrected chi connectivity index (χ0v) is 14.2. The van der Waals surface area contributed by atoms with Crippen LogP contribution < -0.4 is 0 Å². The van der Waals surface area contributed by atoms with E-state index >= 15 is 0 Å². The Morgan fingerprint density at radius 1 is 1.48 bits per heavy atom. The first-order chi connectivity index (χ1) is 9.89. The van der Waals surface area contributed by atoms with E-state index in [1.807, 2.05) is 4.57 Å². The lowest BCUT2D eigenvalue weighted by Crippen LogP contribution is -2.14. The van der Waals surface area contributed by atoms with Crippen LogP contribution in [0.5, 0.6) is 0 Å². The summed E-state index contributed by atoms with van der Waals surface area (Å²) in [6.45, 7) is 0.538. The zero-order chi connectivity index (χ0) is 15.2. The average Bonchev–Trinajstić information content (AvgIpc) is 2.92. The van der Waals surface area contributed by atoms with Crippen molar-refractivity contribution >= 4 is 48.4 Å². The molecule has 1 saturated heterocycles. The lowest BCUT2D eigenvalue weighted by molar-refractivity contribution is 0.490. The second kappa shape index (κ2) is 5.52. The first-order valence-corrected chi connectivity index (χ1v) is 9.65. The molecule has 0 amide bonds. The Morgan fingerprint density at radius 2 is 2.24 bits per heavy atom. The van der Waals surface area contributed by atoms with Gasteiger partial charge >= 0.3 is 0 Å². The SMILES string of the molecule is O=S1(=O)CCC(Cn2c(CCl)nc3cc(F)c(Br)cc32)C1. The molecule has 114 valence electrons. The molecular weight excluding hydrogens is 383 g/mol. The molecule has 2 aromatic rings. The summed E-state index contributed by atoms with van der Waals surface area (Å²) in [5.74, 6) is 0.937. The van der Waals surface area contributed by atoms with Gasteiger partial charge in [-0.3, -0.25) is 0 Å². The van der Waals surface area contributed by atoms with Crippen molar-refractivity contribution in [1.82, 2.24) is 9.55 Å². The van der Waals surface area contributed by atoms with Crippen molar-refractivity contribution in [2.24, 2.45) is 5.92 Å². The van der Waals surface area contributed by atoms with Crippen molar-refractivity contribution < 1.29 is 12.8 Å². The fourth-order valence-electron chi connectivity index (χ4n) is 2.75. The topological polar surface area (TPSA) is 52.0 Å². The van der Waals surface area contributed by atoms with Crippen LogP contribution in [0.15, 0.2) is 16.6 Å². The van der Waals surface area contributed by atoms with Crippen molar-refractivity contribution in [2.75, 3.05) is 11.5 Å². The summed E-state index contributed by atoms with van der Waals surface area (Å²) >= 11 is 9.09. The van der Waals surface area contributed by atoms with Gasteiger partial charge in [0.2, 0.25) is 0 Å². The number of hydrogen-bond acceptors (Lipinski definition) is 3. The summed E-state index contributed by atoms with van der Waals surface area (Å²) < 4.78 is 39.0. The summed E-state index contributed by atoms with van der Waals surface area (Å²) in [4.78, 5) is 4.33. The Balaban J connectivity index is 2.02. The number of alkyl halides is 1. The van der Waals surface area contributed by atoms with Gasteiger partial charge in [-0.2, -0.15) is 0 Å². The van der Waals surface area contributed by atoms with Gasteiger partial charge < -0.3 is 4.57 Å². The average molecular weight is 396 g/mol. The van der Waals surface area contributed by atoms with E-state index in [-0.39, 0.29) is 29.1 Å². The van der Waals surface area contributed by atoms with Gasteiger partial charge in [0.25, 0.3) is 0 Å². The third-order valence-corrected chi connectivity index (χ3v) is 6.44. The van der Waals surface area contributed by atoms with E-state index < -0.39 is 9.84 Å². The number of hydrogen-bond donors (Lipinski definition) is 0. The molecule has 1 fully saturated rings. The number of sulfone groups is 1. The molecule has 0 N–H and O–H groups in total. The second-order valence-electron chi connectivity index (χ2n) is 5.30. The minimum absolute atomic E-state index is 0.0539. The van der Waals surface area contributed by atoms with E-state index in [9.17, 15) is 12.8 Å². The number of halogens is 3. The third-order valence-electron chi connectivity index (χ3n) is 3.76. The Bertz CT molecular complexity index is 806. The van der Waals surface area contributed by atoms with Crippen LogP contribution in [0.1, 0.15) is 12.2 Å². The summed E-state index contributed by atoms with van der Waals surface area (Å²) in [6.07, 6.45) is 0.645. The van der Waals surface area contributed by atoms with Crippen molar-refractivity contribution in [3.05, 3.63) is 28.2 Å². The standard InChI is InChI=1S/C13H13BrClFN2O2S/c14-9-3-12-11(4-10(9)16)17-13(5-15)18(12)6-8-1-2-21(19,20)7-8/h3-4,8H,1-2,5-7H2. The Labute approximate surface area is 135 Å². The van der Waals surface area contributed by atoms with Gasteiger partial charge in [0.1, 0.15) is 11.6 Å². The third kappa shape index (κ3) is 2.96. The van der Waals surface area contributed by atoms with E-state index in [0.29, 0.717) is 28.8 Å². The molecular formula is C13H13BrClFN2O2S. The Kier molecular flexibility index (Phi) is 4.00. The van der Waals surface area contributed by atoms with Crippen LogP contribution in [-0.4, -0.2) is 29.5 Å². The number of aromatic nitrogens is 2. The summed E-state index contributed by atoms with van der Waals surface area (Å²) in [5, 5.41) is 0. The van der Waals surface area contributed by atoms with Crippen molar-refractivity contribution in [3.8, 4) is 0 Å². The van der Waals surface area contributed by atoms with Gasteiger partial charge in [-0.1, -0.05) is 0 Å². The van der Waals surface area contributed by atoms with Crippen molar-refractivity contribution in [1.29, 1.82) is 0 Å². The number of nitrogens with zero attached hydrogens (tertiary/aromatic N) is 2. The molecule has 0 bridgehead atoms. The Morgan fingerprint density at radius 3 is 2.86 bits per heavy atom. The molecule has 8 heteroatoms. The van der Waals surface area contributed by atoms with Gasteiger partial charge in [-0.15, -0.1) is 11.6 Å². The Hall–Kier alpha value is -0.660. The molecule has 1 atom stereocenters. The molecule has 21 heavy (non-hydrogen) atoms. The minimum atomic E-state index is -2.92. The molecule has 0 aliphatic carbocycles. The number of fused-ring (bicyclic) bond motifs is 1. The molecule has 1 aromatic heterocycles. The molecule has 3 rings (SSSR count). The van der Waals surface area contributed by atoms with Gasteiger partial charge in [0, 0.05) is 12.6 Å². The maximum absolute atomic E-state index is 13.6. The van der Waals surface area contributed by atoms with Gasteiger partial charge in [0.05, 0.1) is 32.9 Å². The van der Waals surface area contributed by atoms with Crippen molar-refractivity contribution in [2.45, 2.75) is 18.8 Å². The van der Waals surface area contributed by atoms with Crippen LogP contribution >= 0.6 is 27.5 Å². The normalized spacial score (nSPS) is 21.2. The van der Waals surface area contributed by atoms with E-state index in [0.717, 1.165) is 5.52 Å². The summed E-state index contributed by atoms with van der Waals surface area (Å²) in [7, 11) is -2.92. The quantitative estimate of drug-likeness (QED) is 0.750. The molecule has 1 unspecified atom stereocenters. The smallest absolute Gasteiger partial charge is 0.150 e. The second-order valence-corrected chi connectivity index (χ2v) is 8.65. The lowest BCUT2D eigenvalue weighted by atomic mass is 10.1. The molecule has 1 aromatic carbocycles. The predicted octanol–water partition coefficient (Wildman–Crippen LogP) is 3.11. The first kappa shape index (κ1) is 15.2. The fourth-order valence-corrected chi connectivity index (χ4v) is 5.13. The summed E-state index contributed by atoms with van der Waals surface area (Å²) in [6, 6.07) is 3.02. The highest BCUT2D eigenvalue weighted by Gasteiger charge is 2.29.